The average molecular weight is 310 g/mol. The van der Waals surface area contributed by atoms with Gasteiger partial charge in [0.15, 0.2) is 0 Å². The normalized spacial score (nSPS) is 15.2. The van der Waals surface area contributed by atoms with Gasteiger partial charge in [-0.25, -0.2) is 9.36 Å². The van der Waals surface area contributed by atoms with Crippen LogP contribution in [-0.2, 0) is 13.3 Å². The lowest BCUT2D eigenvalue weighted by molar-refractivity contribution is 0.216. The first-order chi connectivity index (χ1) is 10.6. The number of imidazole rings is 1. The van der Waals surface area contributed by atoms with Gasteiger partial charge in [0.25, 0.3) is 0 Å². The average Bonchev–Trinajstić information content (AvgIpc) is 3.33. The molecule has 2 rings (SSSR count). The Morgan fingerprint density at radius 1 is 0.955 bits per heavy atom. The maximum Gasteiger partial charge on any atom is 0.333 e. The number of hydrogen-bond donors (Lipinski definition) is 1. The number of aromatic nitrogens is 2. The Hall–Kier alpha value is -1.27. The van der Waals surface area contributed by atoms with E-state index in [1.807, 2.05) is 0 Å². The summed E-state index contributed by atoms with van der Waals surface area (Å²) in [7, 11) is 0. The summed E-state index contributed by atoms with van der Waals surface area (Å²) >= 11 is 0. The summed E-state index contributed by atoms with van der Waals surface area (Å²) in [5.41, 5.74) is 0.752. The highest BCUT2D eigenvalue weighted by Gasteiger charge is 2.34. The maximum absolute atomic E-state index is 12.8. The molecule has 6 heteroatoms. The molecule has 0 bridgehead atoms. The number of aromatic hydroxyl groups is 1. The van der Waals surface area contributed by atoms with E-state index >= 15 is 0 Å². The van der Waals surface area contributed by atoms with Crippen molar-refractivity contribution in [1.82, 2.24) is 18.9 Å². The molecule has 1 aromatic rings. The van der Waals surface area contributed by atoms with E-state index in [1.165, 1.54) is 4.57 Å². The molecule has 126 valence electrons. The fraction of sp³-hybridized carbons (Fsp3) is 0.812. The van der Waals surface area contributed by atoms with Crippen LogP contribution in [-0.4, -0.2) is 50.2 Å². The van der Waals surface area contributed by atoms with Crippen LogP contribution in [0.15, 0.2) is 4.79 Å². The van der Waals surface area contributed by atoms with E-state index in [-0.39, 0.29) is 11.6 Å². The molecule has 6 nitrogen and oxygen atoms in total. The molecule has 0 aliphatic heterocycles. The highest BCUT2D eigenvalue weighted by Crippen LogP contribution is 2.43. The number of nitrogens with zero attached hydrogens (tertiary/aromatic N) is 4. The molecule has 0 atom stereocenters. The Balaban J connectivity index is 2.37. The van der Waals surface area contributed by atoms with Gasteiger partial charge in [0.2, 0.25) is 5.88 Å². The molecule has 1 aromatic heterocycles. The second-order valence-corrected chi connectivity index (χ2v) is 6.01. The van der Waals surface area contributed by atoms with Crippen LogP contribution in [0.3, 0.4) is 0 Å². The second-order valence-electron chi connectivity index (χ2n) is 6.01. The number of hydrogen-bond acceptors (Lipinski definition) is 4. The van der Waals surface area contributed by atoms with Crippen molar-refractivity contribution in [3.05, 3.63) is 16.2 Å². The molecule has 0 aromatic carbocycles. The summed E-state index contributed by atoms with van der Waals surface area (Å²) in [6.45, 7) is 12.9. The summed E-state index contributed by atoms with van der Waals surface area (Å²) in [6, 6.07) is 0. The van der Waals surface area contributed by atoms with Crippen LogP contribution in [0.2, 0.25) is 0 Å². The molecule has 22 heavy (non-hydrogen) atoms. The van der Waals surface area contributed by atoms with Gasteiger partial charge in [-0.3, -0.25) is 14.4 Å². The third-order valence-electron chi connectivity index (χ3n) is 4.67. The van der Waals surface area contributed by atoms with Crippen molar-refractivity contribution in [1.29, 1.82) is 0 Å². The molecule has 0 amide bonds. The van der Waals surface area contributed by atoms with Gasteiger partial charge in [-0.05, 0) is 39.0 Å². The molecule has 1 N–H and O–H groups in total. The number of rotatable bonds is 9. The van der Waals surface area contributed by atoms with Gasteiger partial charge < -0.3 is 5.11 Å². The van der Waals surface area contributed by atoms with Crippen LogP contribution >= 0.6 is 0 Å². The van der Waals surface area contributed by atoms with E-state index in [0.29, 0.717) is 19.3 Å². The van der Waals surface area contributed by atoms with Gasteiger partial charge in [0.05, 0.1) is 19.0 Å². The first-order valence-electron chi connectivity index (χ1n) is 8.54. The van der Waals surface area contributed by atoms with Crippen molar-refractivity contribution in [2.24, 2.45) is 0 Å². The van der Waals surface area contributed by atoms with Crippen LogP contribution in [0.1, 0.15) is 52.1 Å². The second kappa shape index (κ2) is 7.33. The predicted octanol–water partition coefficient (Wildman–Crippen LogP) is 1.83. The molecule has 1 fully saturated rings. The quantitative estimate of drug-likeness (QED) is 0.756. The lowest BCUT2D eigenvalue weighted by Gasteiger charge is -2.19. The van der Waals surface area contributed by atoms with Gasteiger partial charge in [-0.2, -0.15) is 0 Å². The van der Waals surface area contributed by atoms with E-state index < -0.39 is 0 Å². The maximum atomic E-state index is 12.8. The smallest absolute Gasteiger partial charge is 0.333 e. The molecule has 1 aliphatic rings. The zero-order valence-electron chi connectivity index (χ0n) is 14.4. The molecule has 0 saturated heterocycles. The van der Waals surface area contributed by atoms with Crippen molar-refractivity contribution >= 4 is 0 Å². The van der Waals surface area contributed by atoms with Crippen molar-refractivity contribution in [3.8, 4) is 5.88 Å². The van der Waals surface area contributed by atoms with E-state index in [9.17, 15) is 9.90 Å². The molecule has 1 saturated carbocycles. The van der Waals surface area contributed by atoms with Crippen LogP contribution in [0.4, 0.5) is 0 Å². The highest BCUT2D eigenvalue weighted by atomic mass is 16.3. The molecular formula is C16H30N4O2. The lowest BCUT2D eigenvalue weighted by atomic mass is 10.3. The van der Waals surface area contributed by atoms with E-state index in [0.717, 1.165) is 44.7 Å². The first kappa shape index (κ1) is 17.1. The van der Waals surface area contributed by atoms with Crippen molar-refractivity contribution in [3.63, 3.8) is 0 Å². The Bertz CT molecular complexity index is 537. The largest absolute Gasteiger partial charge is 0.493 e. The summed E-state index contributed by atoms with van der Waals surface area (Å²) in [6.07, 6.45) is 2.14. The minimum atomic E-state index is -0.0850. The van der Waals surface area contributed by atoms with Crippen molar-refractivity contribution in [2.75, 3.05) is 26.2 Å². The van der Waals surface area contributed by atoms with E-state index in [4.69, 9.17) is 0 Å². The first-order valence-corrected chi connectivity index (χ1v) is 8.54. The van der Waals surface area contributed by atoms with Crippen LogP contribution < -0.4 is 5.69 Å². The minimum Gasteiger partial charge on any atom is -0.493 e. The Kier molecular flexibility index (Phi) is 5.69. The monoisotopic (exact) mass is 310 g/mol. The van der Waals surface area contributed by atoms with Gasteiger partial charge >= 0.3 is 5.69 Å². The Labute approximate surface area is 132 Å². The summed E-state index contributed by atoms with van der Waals surface area (Å²) in [5, 5.41) is 10.6. The van der Waals surface area contributed by atoms with Crippen LogP contribution in [0.5, 0.6) is 5.88 Å². The van der Waals surface area contributed by atoms with Gasteiger partial charge in [-0.15, -0.1) is 0 Å². The summed E-state index contributed by atoms with van der Waals surface area (Å²) < 4.78 is 3.31. The van der Waals surface area contributed by atoms with E-state index in [2.05, 4.69) is 37.5 Å². The Morgan fingerprint density at radius 2 is 1.41 bits per heavy atom. The standard InChI is InChI=1S/C16H30N4O2/c1-5-17(6-2)11-19-14(13-9-10-13)15(21)20(16(19)22)12-18(7-3)8-4/h13,21H,5-12H2,1-4H3. The SMILES string of the molecule is CCN(CC)Cn1c(O)c(C2CC2)n(CN(CC)CC)c1=O. The fourth-order valence-corrected chi connectivity index (χ4v) is 2.87. The lowest BCUT2D eigenvalue weighted by Crippen LogP contribution is -2.36. The molecule has 0 spiro atoms. The molecular weight excluding hydrogens is 280 g/mol. The third-order valence-corrected chi connectivity index (χ3v) is 4.67. The fourth-order valence-electron chi connectivity index (χ4n) is 2.87. The topological polar surface area (TPSA) is 53.6 Å². The predicted molar refractivity (Wildman–Crippen MR) is 88.2 cm³/mol. The Morgan fingerprint density at radius 3 is 1.82 bits per heavy atom. The van der Waals surface area contributed by atoms with Gasteiger partial charge in [0.1, 0.15) is 0 Å². The molecule has 1 aliphatic carbocycles. The zero-order valence-corrected chi connectivity index (χ0v) is 14.4. The van der Waals surface area contributed by atoms with Gasteiger partial charge in [0, 0.05) is 5.92 Å². The van der Waals surface area contributed by atoms with Crippen LogP contribution in [0.25, 0.3) is 0 Å². The highest BCUT2D eigenvalue weighted by molar-refractivity contribution is 5.28. The summed E-state index contributed by atoms with van der Waals surface area (Å²) in [5.74, 6) is 0.521. The van der Waals surface area contributed by atoms with Crippen molar-refractivity contribution in [2.45, 2.75) is 59.8 Å². The molecule has 1 heterocycles. The minimum absolute atomic E-state index is 0.0850. The third kappa shape index (κ3) is 3.38. The van der Waals surface area contributed by atoms with Crippen molar-refractivity contribution < 1.29 is 5.11 Å². The summed E-state index contributed by atoms with van der Waals surface area (Å²) in [4.78, 5) is 17.1. The van der Waals surface area contributed by atoms with Crippen LogP contribution in [0, 0.1) is 0 Å². The van der Waals surface area contributed by atoms with E-state index in [1.54, 1.807) is 4.57 Å². The molecule has 0 unspecified atom stereocenters. The molecule has 0 radical (unpaired) electrons. The van der Waals surface area contributed by atoms with Gasteiger partial charge in [-0.1, -0.05) is 27.7 Å². The zero-order chi connectivity index (χ0) is 16.3.